The van der Waals surface area contributed by atoms with E-state index in [-0.39, 0.29) is 11.9 Å². The fourth-order valence-corrected chi connectivity index (χ4v) is 2.16. The molecule has 0 saturated carbocycles. The van der Waals surface area contributed by atoms with Crippen molar-refractivity contribution in [3.8, 4) is 0 Å². The van der Waals surface area contributed by atoms with Gasteiger partial charge < -0.3 is 16.0 Å². The molecule has 3 N–H and O–H groups in total. The minimum Gasteiger partial charge on any atom is -0.338 e. The number of thiazole rings is 1. The summed E-state index contributed by atoms with van der Waals surface area (Å²) in [7, 11) is 0. The minimum atomic E-state index is -0.232. The summed E-state index contributed by atoms with van der Waals surface area (Å²) in [5.74, 6) is -0.232. The van der Waals surface area contributed by atoms with E-state index in [1.165, 1.54) is 11.3 Å². The Hall–Kier alpha value is -2.41. The number of aromatic nitrogens is 1. The smallest absolute Gasteiger partial charge is 0.315 e. The number of carbonyl (C=O) groups excluding carboxylic acids is 2. The van der Waals surface area contributed by atoms with Gasteiger partial charge in [-0.25, -0.2) is 9.78 Å². The molecule has 110 valence electrons. The van der Waals surface area contributed by atoms with Crippen LogP contribution in [0.1, 0.15) is 23.0 Å². The van der Waals surface area contributed by atoms with Gasteiger partial charge in [0.15, 0.2) is 0 Å². The van der Waals surface area contributed by atoms with Crippen molar-refractivity contribution in [2.75, 3.05) is 11.9 Å². The average Bonchev–Trinajstić information content (AvgIpc) is 3.01. The molecule has 1 aromatic heterocycles. The predicted octanol–water partition coefficient (Wildman–Crippen LogP) is 2.21. The molecule has 1 heterocycles. The Labute approximate surface area is 126 Å². The van der Waals surface area contributed by atoms with Gasteiger partial charge in [0, 0.05) is 24.2 Å². The average molecular weight is 304 g/mol. The highest BCUT2D eigenvalue weighted by molar-refractivity contribution is 7.07. The number of benzene rings is 1. The predicted molar refractivity (Wildman–Crippen MR) is 82.4 cm³/mol. The fourth-order valence-electron chi connectivity index (χ4n) is 1.63. The van der Waals surface area contributed by atoms with Gasteiger partial charge in [0.25, 0.3) is 5.91 Å². The molecule has 0 aliphatic carbocycles. The number of nitrogens with zero attached hydrogens (tertiary/aromatic N) is 1. The molecule has 2 aromatic rings. The van der Waals surface area contributed by atoms with Crippen molar-refractivity contribution in [1.29, 1.82) is 0 Å². The van der Waals surface area contributed by atoms with Crippen LogP contribution in [0.15, 0.2) is 35.2 Å². The molecule has 0 bridgehead atoms. The molecule has 7 heteroatoms. The largest absolute Gasteiger partial charge is 0.338 e. The van der Waals surface area contributed by atoms with Crippen molar-refractivity contribution >= 4 is 29.0 Å². The second-order valence-corrected chi connectivity index (χ2v) is 4.96. The van der Waals surface area contributed by atoms with E-state index >= 15 is 0 Å². The van der Waals surface area contributed by atoms with E-state index < -0.39 is 0 Å². The quantitative estimate of drug-likeness (QED) is 0.792. The van der Waals surface area contributed by atoms with Crippen molar-refractivity contribution in [2.45, 2.75) is 13.5 Å². The number of hydrogen-bond acceptors (Lipinski definition) is 4. The third-order valence-corrected chi connectivity index (χ3v) is 3.25. The highest BCUT2D eigenvalue weighted by Gasteiger charge is 2.07. The van der Waals surface area contributed by atoms with Gasteiger partial charge >= 0.3 is 6.03 Å². The molecule has 0 radical (unpaired) electrons. The van der Waals surface area contributed by atoms with Crippen molar-refractivity contribution in [3.63, 3.8) is 0 Å². The Morgan fingerprint density at radius 3 is 2.57 bits per heavy atom. The van der Waals surface area contributed by atoms with E-state index in [4.69, 9.17) is 0 Å². The second-order valence-electron chi connectivity index (χ2n) is 4.24. The zero-order valence-electron chi connectivity index (χ0n) is 11.6. The third-order valence-electron chi connectivity index (χ3n) is 2.67. The second kappa shape index (κ2) is 7.39. The number of amides is 3. The molecular weight excluding hydrogens is 288 g/mol. The van der Waals surface area contributed by atoms with E-state index in [0.717, 1.165) is 5.56 Å². The topological polar surface area (TPSA) is 83.1 Å². The van der Waals surface area contributed by atoms with Crippen LogP contribution >= 0.6 is 11.3 Å². The lowest BCUT2D eigenvalue weighted by Crippen LogP contribution is -2.34. The first-order valence-corrected chi connectivity index (χ1v) is 7.43. The molecule has 3 amide bonds. The van der Waals surface area contributed by atoms with Crippen LogP contribution in [-0.4, -0.2) is 23.5 Å². The maximum atomic E-state index is 11.8. The lowest BCUT2D eigenvalue weighted by atomic mass is 10.2. The number of nitrogens with one attached hydrogen (secondary N) is 3. The van der Waals surface area contributed by atoms with Crippen LogP contribution in [0.25, 0.3) is 0 Å². The van der Waals surface area contributed by atoms with Crippen LogP contribution in [0.4, 0.5) is 10.5 Å². The Morgan fingerprint density at radius 1 is 1.19 bits per heavy atom. The van der Waals surface area contributed by atoms with E-state index in [1.807, 2.05) is 19.1 Å². The lowest BCUT2D eigenvalue weighted by Gasteiger charge is -2.07. The van der Waals surface area contributed by atoms with Gasteiger partial charge in [-0.3, -0.25) is 4.79 Å². The van der Waals surface area contributed by atoms with Crippen LogP contribution in [0.2, 0.25) is 0 Å². The van der Waals surface area contributed by atoms with Crippen LogP contribution in [0.3, 0.4) is 0 Å². The fraction of sp³-hybridized carbons (Fsp3) is 0.214. The van der Waals surface area contributed by atoms with Crippen LogP contribution < -0.4 is 16.0 Å². The molecule has 21 heavy (non-hydrogen) atoms. The molecular formula is C14H16N4O2S. The third kappa shape index (κ3) is 4.57. The number of rotatable bonds is 5. The molecule has 0 aliphatic heterocycles. The van der Waals surface area contributed by atoms with Crippen molar-refractivity contribution < 1.29 is 9.59 Å². The lowest BCUT2D eigenvalue weighted by molar-refractivity contribution is 0.102. The number of carbonyl (C=O) groups is 2. The van der Waals surface area contributed by atoms with Gasteiger partial charge in [-0.05, 0) is 24.6 Å². The van der Waals surface area contributed by atoms with Crippen LogP contribution in [-0.2, 0) is 6.54 Å². The molecule has 0 spiro atoms. The van der Waals surface area contributed by atoms with E-state index in [1.54, 1.807) is 23.0 Å². The van der Waals surface area contributed by atoms with Crippen molar-refractivity contribution in [1.82, 2.24) is 15.6 Å². The highest BCUT2D eigenvalue weighted by atomic mass is 32.1. The van der Waals surface area contributed by atoms with Crippen molar-refractivity contribution in [2.24, 2.45) is 0 Å². The Kier molecular flexibility index (Phi) is 5.28. The molecule has 0 unspecified atom stereocenters. The maximum absolute atomic E-state index is 11.8. The van der Waals surface area contributed by atoms with Gasteiger partial charge in [0.2, 0.25) is 0 Å². The Balaban J connectivity index is 1.87. The Morgan fingerprint density at radius 2 is 1.95 bits per heavy atom. The van der Waals surface area contributed by atoms with Gasteiger partial charge in [-0.1, -0.05) is 12.1 Å². The summed E-state index contributed by atoms with van der Waals surface area (Å²) < 4.78 is 0. The summed E-state index contributed by atoms with van der Waals surface area (Å²) in [6.07, 6.45) is 0. The van der Waals surface area contributed by atoms with E-state index in [0.29, 0.717) is 24.5 Å². The van der Waals surface area contributed by atoms with E-state index in [9.17, 15) is 9.59 Å². The molecule has 1 aromatic carbocycles. The first-order chi connectivity index (χ1) is 10.2. The molecule has 0 fully saturated rings. The normalized spacial score (nSPS) is 9.95. The minimum absolute atomic E-state index is 0.196. The summed E-state index contributed by atoms with van der Waals surface area (Å²) in [6, 6.07) is 7.09. The molecule has 6 nitrogen and oxygen atoms in total. The zero-order valence-corrected chi connectivity index (χ0v) is 12.4. The number of urea groups is 1. The first kappa shape index (κ1) is 15.0. The van der Waals surface area contributed by atoms with Crippen molar-refractivity contribution in [3.05, 3.63) is 46.4 Å². The first-order valence-electron chi connectivity index (χ1n) is 6.49. The van der Waals surface area contributed by atoms with Gasteiger partial charge in [-0.2, -0.15) is 0 Å². The maximum Gasteiger partial charge on any atom is 0.315 e. The van der Waals surface area contributed by atoms with E-state index in [2.05, 4.69) is 20.9 Å². The number of anilines is 1. The molecule has 0 saturated heterocycles. The summed E-state index contributed by atoms with van der Waals surface area (Å²) in [5, 5.41) is 9.85. The summed E-state index contributed by atoms with van der Waals surface area (Å²) in [5.41, 5.74) is 3.66. The zero-order chi connectivity index (χ0) is 15.1. The van der Waals surface area contributed by atoms with Gasteiger partial charge in [0.05, 0.1) is 5.51 Å². The SMILES string of the molecule is CCNC(=O)NCc1ccc(NC(=O)c2cscn2)cc1. The highest BCUT2D eigenvalue weighted by Crippen LogP contribution is 2.11. The molecule has 0 aliphatic rings. The van der Waals surface area contributed by atoms with Crippen LogP contribution in [0.5, 0.6) is 0 Å². The Bertz CT molecular complexity index is 596. The molecule has 2 rings (SSSR count). The number of hydrogen-bond donors (Lipinski definition) is 3. The van der Waals surface area contributed by atoms with Gasteiger partial charge in [0.1, 0.15) is 5.69 Å². The summed E-state index contributed by atoms with van der Waals surface area (Å²) >= 11 is 1.38. The van der Waals surface area contributed by atoms with Crippen LogP contribution in [0, 0.1) is 0 Å². The summed E-state index contributed by atoms with van der Waals surface area (Å²) in [6.45, 7) is 2.89. The molecule has 0 atom stereocenters. The van der Waals surface area contributed by atoms with Gasteiger partial charge in [-0.15, -0.1) is 11.3 Å². The summed E-state index contributed by atoms with van der Waals surface area (Å²) in [4.78, 5) is 27.0. The standard InChI is InChI=1S/C14H16N4O2S/c1-2-15-14(20)16-7-10-3-5-11(6-4-10)18-13(19)12-8-21-9-17-12/h3-6,8-9H,2,7H2,1H3,(H,18,19)(H2,15,16,20). The monoisotopic (exact) mass is 304 g/mol.